The number of carbonyl (C=O) groups excluding carboxylic acids is 1. The van der Waals surface area contributed by atoms with Crippen molar-refractivity contribution >= 4 is 5.91 Å². The van der Waals surface area contributed by atoms with Gasteiger partial charge in [0.2, 0.25) is 5.91 Å². The molecule has 0 radical (unpaired) electrons. The van der Waals surface area contributed by atoms with Gasteiger partial charge in [0.05, 0.1) is 0 Å². The van der Waals surface area contributed by atoms with Gasteiger partial charge in [-0.3, -0.25) is 4.79 Å². The van der Waals surface area contributed by atoms with Crippen molar-refractivity contribution in [3.8, 4) is 0 Å². The Bertz CT molecular complexity index is 190. The van der Waals surface area contributed by atoms with Crippen LogP contribution in [-0.4, -0.2) is 23.4 Å². The summed E-state index contributed by atoms with van der Waals surface area (Å²) in [5.41, 5.74) is 0. The molecule has 2 heteroatoms. The minimum atomic E-state index is 0.401. The average molecular weight is 167 g/mol. The highest BCUT2D eigenvalue weighted by atomic mass is 16.2. The monoisotopic (exact) mass is 167 g/mol. The van der Waals surface area contributed by atoms with Gasteiger partial charge < -0.3 is 4.90 Å². The first-order valence-electron chi connectivity index (χ1n) is 5.07. The van der Waals surface area contributed by atoms with Gasteiger partial charge in [0.25, 0.3) is 0 Å². The van der Waals surface area contributed by atoms with Crippen LogP contribution in [0.1, 0.15) is 39.0 Å². The van der Waals surface area contributed by atoms with E-state index in [0.29, 0.717) is 11.9 Å². The molecule has 2 atom stereocenters. The first kappa shape index (κ1) is 8.09. The summed E-state index contributed by atoms with van der Waals surface area (Å²) >= 11 is 0. The van der Waals surface area contributed by atoms with Crippen molar-refractivity contribution in [1.29, 1.82) is 0 Å². The van der Waals surface area contributed by atoms with Gasteiger partial charge in [-0.2, -0.15) is 0 Å². The highest BCUT2D eigenvalue weighted by Gasteiger charge is 2.32. The van der Waals surface area contributed by atoms with Crippen LogP contribution in [0.3, 0.4) is 0 Å². The summed E-state index contributed by atoms with van der Waals surface area (Å²) in [5.74, 6) is 1.23. The molecule has 0 aliphatic carbocycles. The molecule has 0 aromatic heterocycles. The van der Waals surface area contributed by atoms with Crippen LogP contribution >= 0.6 is 0 Å². The molecule has 0 saturated carbocycles. The molecule has 68 valence electrons. The van der Waals surface area contributed by atoms with Crippen LogP contribution in [0.2, 0.25) is 0 Å². The fraction of sp³-hybridized carbons (Fsp3) is 0.900. The Labute approximate surface area is 73.9 Å². The zero-order valence-corrected chi connectivity index (χ0v) is 7.75. The van der Waals surface area contributed by atoms with Crippen LogP contribution in [0.25, 0.3) is 0 Å². The van der Waals surface area contributed by atoms with Crippen molar-refractivity contribution in [3.05, 3.63) is 0 Å². The summed E-state index contributed by atoms with van der Waals surface area (Å²) in [6.07, 6.45) is 5.61. The van der Waals surface area contributed by atoms with Crippen LogP contribution in [-0.2, 0) is 4.79 Å². The maximum atomic E-state index is 11.5. The molecule has 0 N–H and O–H groups in total. The van der Waals surface area contributed by atoms with E-state index in [1.54, 1.807) is 0 Å². The Hall–Kier alpha value is -0.530. The van der Waals surface area contributed by atoms with E-state index in [0.717, 1.165) is 25.3 Å². The second-order valence-electron chi connectivity index (χ2n) is 4.26. The summed E-state index contributed by atoms with van der Waals surface area (Å²) in [6.45, 7) is 3.32. The molecule has 1 amide bonds. The first-order valence-corrected chi connectivity index (χ1v) is 5.07. The molecule has 0 bridgehead atoms. The van der Waals surface area contributed by atoms with Crippen LogP contribution < -0.4 is 0 Å². The molecule has 2 aliphatic rings. The zero-order valence-electron chi connectivity index (χ0n) is 7.75. The van der Waals surface area contributed by atoms with Crippen LogP contribution in [0.4, 0.5) is 0 Å². The summed E-state index contributed by atoms with van der Waals surface area (Å²) in [6, 6.07) is 0.593. The fourth-order valence-electron chi connectivity index (χ4n) is 2.49. The summed E-state index contributed by atoms with van der Waals surface area (Å²) < 4.78 is 0. The van der Waals surface area contributed by atoms with Crippen molar-refractivity contribution in [2.45, 2.75) is 45.1 Å². The molecular weight excluding hydrogens is 150 g/mol. The standard InChI is InChI=1S/C10H17NO/c1-8-5-6-11-9(7-8)3-2-4-10(11)12/h8-9H,2-7H2,1H3/t8-,9-/m1/s1. The van der Waals surface area contributed by atoms with E-state index in [4.69, 9.17) is 0 Å². The number of fused-ring (bicyclic) bond motifs is 1. The van der Waals surface area contributed by atoms with Gasteiger partial charge in [-0.25, -0.2) is 0 Å². The van der Waals surface area contributed by atoms with Gasteiger partial charge in [-0.1, -0.05) is 6.92 Å². The molecule has 2 saturated heterocycles. The van der Waals surface area contributed by atoms with Gasteiger partial charge in [0, 0.05) is 19.0 Å². The van der Waals surface area contributed by atoms with Crippen LogP contribution in [0, 0.1) is 5.92 Å². The zero-order chi connectivity index (χ0) is 8.55. The lowest BCUT2D eigenvalue weighted by atomic mass is 9.87. The molecule has 2 heterocycles. The summed E-state index contributed by atoms with van der Waals surface area (Å²) in [5, 5.41) is 0. The second kappa shape index (κ2) is 3.08. The lowest BCUT2D eigenvalue weighted by Gasteiger charge is -2.41. The number of rotatable bonds is 0. The largest absolute Gasteiger partial charge is 0.340 e. The minimum absolute atomic E-state index is 0.401. The normalized spacial score (nSPS) is 36.4. The highest BCUT2D eigenvalue weighted by Crippen LogP contribution is 2.29. The molecule has 2 nitrogen and oxygen atoms in total. The van der Waals surface area contributed by atoms with Crippen LogP contribution in [0.5, 0.6) is 0 Å². The Kier molecular flexibility index (Phi) is 2.07. The average Bonchev–Trinajstić information content (AvgIpc) is 2.04. The molecule has 0 aromatic carbocycles. The quantitative estimate of drug-likeness (QED) is 0.538. The van der Waals surface area contributed by atoms with E-state index < -0.39 is 0 Å². The van der Waals surface area contributed by atoms with E-state index in [1.807, 2.05) is 0 Å². The predicted molar refractivity (Wildman–Crippen MR) is 47.8 cm³/mol. The molecule has 2 aliphatic heterocycles. The van der Waals surface area contributed by atoms with Crippen LogP contribution in [0.15, 0.2) is 0 Å². The van der Waals surface area contributed by atoms with Crippen molar-refractivity contribution in [2.24, 2.45) is 5.92 Å². The summed E-state index contributed by atoms with van der Waals surface area (Å²) in [4.78, 5) is 13.6. The molecule has 2 fully saturated rings. The first-order chi connectivity index (χ1) is 5.77. The van der Waals surface area contributed by atoms with Gasteiger partial charge in [0.1, 0.15) is 0 Å². The van der Waals surface area contributed by atoms with Crippen molar-refractivity contribution in [3.63, 3.8) is 0 Å². The second-order valence-corrected chi connectivity index (χ2v) is 4.26. The van der Waals surface area contributed by atoms with E-state index in [1.165, 1.54) is 19.3 Å². The molecule has 2 rings (SSSR count). The van der Waals surface area contributed by atoms with E-state index in [-0.39, 0.29) is 0 Å². The van der Waals surface area contributed by atoms with Gasteiger partial charge in [-0.15, -0.1) is 0 Å². The number of hydrogen-bond acceptors (Lipinski definition) is 1. The molecule has 0 unspecified atom stereocenters. The Balaban J connectivity index is 2.04. The van der Waals surface area contributed by atoms with Gasteiger partial charge >= 0.3 is 0 Å². The summed E-state index contributed by atoms with van der Waals surface area (Å²) in [7, 11) is 0. The maximum absolute atomic E-state index is 11.5. The SMILES string of the molecule is C[C@@H]1CCN2C(=O)CCC[C@@H]2C1. The maximum Gasteiger partial charge on any atom is 0.222 e. The highest BCUT2D eigenvalue weighted by molar-refractivity contribution is 5.77. The lowest BCUT2D eigenvalue weighted by molar-refractivity contribution is -0.138. The number of carbonyl (C=O) groups is 1. The smallest absolute Gasteiger partial charge is 0.222 e. The molecule has 0 aromatic rings. The van der Waals surface area contributed by atoms with E-state index >= 15 is 0 Å². The van der Waals surface area contributed by atoms with Crippen molar-refractivity contribution in [2.75, 3.05) is 6.54 Å². The Morgan fingerprint density at radius 3 is 3.08 bits per heavy atom. The fourth-order valence-corrected chi connectivity index (χ4v) is 2.49. The number of hydrogen-bond donors (Lipinski definition) is 0. The number of piperidine rings is 2. The topological polar surface area (TPSA) is 20.3 Å². The molecule has 0 spiro atoms. The van der Waals surface area contributed by atoms with E-state index in [9.17, 15) is 4.79 Å². The lowest BCUT2D eigenvalue weighted by Crippen LogP contribution is -2.48. The Morgan fingerprint density at radius 2 is 2.25 bits per heavy atom. The predicted octanol–water partition coefficient (Wildman–Crippen LogP) is 1.80. The molecule has 12 heavy (non-hydrogen) atoms. The third-order valence-corrected chi connectivity index (χ3v) is 3.23. The van der Waals surface area contributed by atoms with Gasteiger partial charge in [-0.05, 0) is 31.6 Å². The van der Waals surface area contributed by atoms with Gasteiger partial charge in [0.15, 0.2) is 0 Å². The number of nitrogens with zero attached hydrogens (tertiary/aromatic N) is 1. The van der Waals surface area contributed by atoms with Crippen molar-refractivity contribution < 1.29 is 4.79 Å². The minimum Gasteiger partial charge on any atom is -0.340 e. The molecular formula is C10H17NO. The number of amides is 1. The Morgan fingerprint density at radius 1 is 1.42 bits per heavy atom. The third kappa shape index (κ3) is 1.35. The third-order valence-electron chi connectivity index (χ3n) is 3.23. The van der Waals surface area contributed by atoms with Crippen molar-refractivity contribution in [1.82, 2.24) is 4.90 Å². The van der Waals surface area contributed by atoms with E-state index in [2.05, 4.69) is 11.8 Å².